The van der Waals surface area contributed by atoms with Gasteiger partial charge in [-0.25, -0.2) is 11.1 Å². The minimum absolute atomic E-state index is 0. The van der Waals surface area contributed by atoms with Crippen molar-refractivity contribution in [2.24, 2.45) is 0 Å². The molecule has 0 aromatic rings. The Kier molecular flexibility index (Phi) is 2100. The van der Waals surface area contributed by atoms with E-state index in [1.807, 2.05) is 0 Å². The van der Waals surface area contributed by atoms with Crippen molar-refractivity contribution < 1.29 is 1.43 Å². The second kappa shape index (κ2) is 290. The molecular formula is CH11GaN2. The van der Waals surface area contributed by atoms with Gasteiger partial charge in [-0.2, -0.15) is 0 Å². The van der Waals surface area contributed by atoms with Crippen molar-refractivity contribution in [3.63, 3.8) is 0 Å². The molecule has 0 amide bonds. The van der Waals surface area contributed by atoms with Crippen LogP contribution in [0.4, 0.5) is 0 Å². The SMILES string of the molecule is C.N=N.[GaH3].[HH]. The van der Waals surface area contributed by atoms with Gasteiger partial charge in [0.25, 0.3) is 0 Å². The zero-order chi connectivity index (χ0) is 2.00. The van der Waals surface area contributed by atoms with E-state index in [0.29, 0.717) is 0 Å². The van der Waals surface area contributed by atoms with E-state index in [9.17, 15) is 0 Å². The summed E-state index contributed by atoms with van der Waals surface area (Å²) >= 11 is 0. The Morgan fingerprint density at radius 2 is 1.25 bits per heavy atom. The van der Waals surface area contributed by atoms with E-state index in [1.165, 1.54) is 0 Å². The molecule has 0 aromatic heterocycles. The van der Waals surface area contributed by atoms with E-state index < -0.39 is 0 Å². The summed E-state index contributed by atoms with van der Waals surface area (Å²) in [6.45, 7) is 0. The zero-order valence-electron chi connectivity index (χ0n) is 1.00. The Hall–Kier alpha value is 0.236. The largest absolute Gasteiger partial charge is 0 e. The predicted octanol–water partition coefficient (Wildman–Crippen LogP) is 0.294. The minimum Gasteiger partial charge on any atom is 0 e. The van der Waals surface area contributed by atoms with Gasteiger partial charge in [0, 0.05) is 1.43 Å². The molecule has 0 heterocycles. The van der Waals surface area contributed by atoms with Crippen LogP contribution in [0.3, 0.4) is 0 Å². The van der Waals surface area contributed by atoms with E-state index in [-0.39, 0.29) is 28.6 Å². The molecule has 0 radical (unpaired) electrons. The molecule has 2 N–H and O–H groups in total. The Morgan fingerprint density at radius 1 is 1.25 bits per heavy atom. The van der Waals surface area contributed by atoms with Crippen molar-refractivity contribution in [2.75, 3.05) is 0 Å². The predicted molar refractivity (Wildman–Crippen MR) is 24.2 cm³/mol. The van der Waals surface area contributed by atoms with Gasteiger partial charge in [0.1, 0.15) is 0 Å². The van der Waals surface area contributed by atoms with Crippen LogP contribution in [-0.4, -0.2) is 19.8 Å². The molecule has 0 rings (SSSR count). The molecule has 0 aliphatic rings. The van der Waals surface area contributed by atoms with Crippen molar-refractivity contribution in [1.29, 1.82) is 11.1 Å². The standard InChI is InChI=1S/CH4.Ga.H2N2.H2.3H/c;;1-2;;;;/h1H4;;1-2H;1H;;;. The molecule has 0 fully saturated rings. The van der Waals surface area contributed by atoms with Gasteiger partial charge in [-0.1, -0.05) is 7.43 Å². The van der Waals surface area contributed by atoms with Crippen LogP contribution in [0.5, 0.6) is 0 Å². The topological polar surface area (TPSA) is 47.7 Å². The van der Waals surface area contributed by atoms with E-state index in [0.717, 1.165) is 0 Å². The third-order valence-electron chi connectivity index (χ3n) is 0. The molecule has 4 heavy (non-hydrogen) atoms. The number of hydrogen-bond donors (Lipinski definition) is 2. The third-order valence-corrected chi connectivity index (χ3v) is 0. The maximum atomic E-state index is 5.00. The summed E-state index contributed by atoms with van der Waals surface area (Å²) in [5.41, 5.74) is 10.0. The summed E-state index contributed by atoms with van der Waals surface area (Å²) in [6, 6.07) is 0. The average molecular weight is 121 g/mol. The summed E-state index contributed by atoms with van der Waals surface area (Å²) in [5, 5.41) is 0. The van der Waals surface area contributed by atoms with Crippen LogP contribution in [-0.2, 0) is 0 Å². The molecule has 0 saturated heterocycles. The van der Waals surface area contributed by atoms with Gasteiger partial charge < -0.3 is 0 Å². The molecule has 0 unspecified atom stereocenters. The van der Waals surface area contributed by atoms with E-state index in [2.05, 4.69) is 0 Å². The fourth-order valence-electron chi connectivity index (χ4n) is 0. The van der Waals surface area contributed by atoms with Crippen molar-refractivity contribution in [2.45, 2.75) is 7.43 Å². The summed E-state index contributed by atoms with van der Waals surface area (Å²) in [7, 11) is 0. The minimum atomic E-state index is 0. The van der Waals surface area contributed by atoms with E-state index in [4.69, 9.17) is 11.1 Å². The monoisotopic (exact) mass is 120 g/mol. The van der Waals surface area contributed by atoms with E-state index >= 15 is 0 Å². The second-order valence-electron chi connectivity index (χ2n) is 0. The van der Waals surface area contributed by atoms with Crippen LogP contribution in [0.15, 0.2) is 0 Å². The van der Waals surface area contributed by atoms with Gasteiger partial charge in [-0.3, -0.25) is 0 Å². The Balaban J connectivity index is -0.00000000167. The first-order chi connectivity index (χ1) is 1.00. The smallest absolute Gasteiger partial charge is 0 e. The van der Waals surface area contributed by atoms with Crippen LogP contribution >= 0.6 is 0 Å². The molecule has 0 spiro atoms. The van der Waals surface area contributed by atoms with Crippen molar-refractivity contribution >= 4 is 19.8 Å². The molecule has 0 bridgehead atoms. The van der Waals surface area contributed by atoms with Gasteiger partial charge in [0.15, 0.2) is 0 Å². The van der Waals surface area contributed by atoms with Gasteiger partial charge in [0.2, 0.25) is 0 Å². The molecule has 0 atom stereocenters. The van der Waals surface area contributed by atoms with Gasteiger partial charge in [-0.15, -0.1) is 0 Å². The van der Waals surface area contributed by atoms with Crippen LogP contribution in [0.25, 0.3) is 0 Å². The van der Waals surface area contributed by atoms with Gasteiger partial charge in [0.05, 0.1) is 0 Å². The van der Waals surface area contributed by atoms with E-state index in [1.54, 1.807) is 0 Å². The molecular weight excluding hydrogens is 110 g/mol. The van der Waals surface area contributed by atoms with Crippen LogP contribution < -0.4 is 0 Å². The molecule has 0 aliphatic carbocycles. The Labute approximate surface area is 40.4 Å². The van der Waals surface area contributed by atoms with Crippen LogP contribution in [0.2, 0.25) is 0 Å². The first-order valence-electron chi connectivity index (χ1n) is 0.250. The quantitative estimate of drug-likeness (QED) is 0.341. The molecule has 0 saturated carbocycles. The molecule has 0 aromatic carbocycles. The van der Waals surface area contributed by atoms with Gasteiger partial charge in [-0.05, 0) is 0 Å². The fourth-order valence-corrected chi connectivity index (χ4v) is 0. The molecule has 2 nitrogen and oxygen atoms in total. The van der Waals surface area contributed by atoms with Crippen LogP contribution in [0.1, 0.15) is 8.85 Å². The third kappa shape index (κ3) is 61.2. The fraction of sp³-hybridized carbons (Fsp3) is 1.00. The first-order valence-corrected chi connectivity index (χ1v) is 0.250. The summed E-state index contributed by atoms with van der Waals surface area (Å²) in [5.74, 6) is 0. The van der Waals surface area contributed by atoms with Crippen molar-refractivity contribution in [1.82, 2.24) is 0 Å². The molecule has 3 heteroatoms. The normalized spacial score (nSPS) is 1.00. The Bertz CT molecular complexity index is 9.61. The average Bonchev–Trinajstić information content (AvgIpc) is 1.00. The summed E-state index contributed by atoms with van der Waals surface area (Å²) < 4.78 is 0. The summed E-state index contributed by atoms with van der Waals surface area (Å²) in [4.78, 5) is 0. The zero-order valence-corrected chi connectivity index (χ0v) is 1.00. The second-order valence-corrected chi connectivity index (χ2v) is 0. The molecule has 0 aliphatic heterocycles. The summed E-state index contributed by atoms with van der Waals surface area (Å²) in [6.07, 6.45) is 0. The number of nitrogens with one attached hydrogen (secondary N) is 2. The van der Waals surface area contributed by atoms with Crippen molar-refractivity contribution in [3.8, 4) is 0 Å². The number of hydrogen-bond acceptors (Lipinski definition) is 2. The van der Waals surface area contributed by atoms with Crippen LogP contribution in [0, 0.1) is 11.1 Å². The Morgan fingerprint density at radius 3 is 1.25 bits per heavy atom. The maximum absolute atomic E-state index is 5.00. The maximum Gasteiger partial charge on any atom is 0 e. The first kappa shape index (κ1) is 29.0. The van der Waals surface area contributed by atoms with Crippen molar-refractivity contribution in [3.05, 3.63) is 0 Å². The van der Waals surface area contributed by atoms with Gasteiger partial charge >= 0.3 is 19.8 Å². The molecule has 28 valence electrons. The number of rotatable bonds is 0.